The second-order valence-corrected chi connectivity index (χ2v) is 5.98. The predicted octanol–water partition coefficient (Wildman–Crippen LogP) is 2.21. The lowest BCUT2D eigenvalue weighted by Gasteiger charge is -2.32. The van der Waals surface area contributed by atoms with Crippen molar-refractivity contribution in [2.45, 2.75) is 19.8 Å². The normalized spacial score (nSPS) is 16.0. The van der Waals surface area contributed by atoms with E-state index in [0.29, 0.717) is 5.92 Å². The van der Waals surface area contributed by atoms with Crippen LogP contribution in [0.1, 0.15) is 30.1 Å². The van der Waals surface area contributed by atoms with Crippen molar-refractivity contribution in [2.24, 2.45) is 5.92 Å². The van der Waals surface area contributed by atoms with Crippen molar-refractivity contribution >= 4 is 11.6 Å². The van der Waals surface area contributed by atoms with Crippen molar-refractivity contribution in [1.29, 1.82) is 0 Å². The smallest absolute Gasteiger partial charge is 0.253 e. The monoisotopic (exact) mass is 289 g/mol. The van der Waals surface area contributed by atoms with E-state index >= 15 is 0 Å². The molecule has 0 atom stereocenters. The Balaban J connectivity index is 1.89. The van der Waals surface area contributed by atoms with Crippen LogP contribution in [0.4, 0.5) is 5.69 Å². The van der Waals surface area contributed by atoms with Crippen LogP contribution in [-0.4, -0.2) is 51.1 Å². The zero-order valence-corrected chi connectivity index (χ0v) is 13.4. The number of nitrogens with one attached hydrogen (secondary N) is 1. The van der Waals surface area contributed by atoms with E-state index in [2.05, 4.69) is 12.2 Å². The van der Waals surface area contributed by atoms with Crippen LogP contribution in [0, 0.1) is 5.92 Å². The minimum atomic E-state index is 0.169. The van der Waals surface area contributed by atoms with Gasteiger partial charge in [-0.05, 0) is 56.1 Å². The zero-order valence-electron chi connectivity index (χ0n) is 13.4. The van der Waals surface area contributed by atoms with Crippen LogP contribution in [0.5, 0.6) is 0 Å². The molecule has 116 valence electrons. The van der Waals surface area contributed by atoms with E-state index in [0.717, 1.165) is 50.3 Å². The van der Waals surface area contributed by atoms with Crippen molar-refractivity contribution in [1.82, 2.24) is 10.2 Å². The topological polar surface area (TPSA) is 35.6 Å². The molecule has 1 saturated heterocycles. The van der Waals surface area contributed by atoms with E-state index in [4.69, 9.17) is 0 Å². The standard InChI is InChI=1S/C17H27N3O/c1-4-18-13-14-9-11-20(12-10-14)17(21)15-5-7-16(8-6-15)19(2)3/h5-8,14,18H,4,9-13H2,1-3H3. The van der Waals surface area contributed by atoms with Crippen LogP contribution < -0.4 is 10.2 Å². The highest BCUT2D eigenvalue weighted by Gasteiger charge is 2.23. The molecule has 1 fully saturated rings. The van der Waals surface area contributed by atoms with Gasteiger partial charge >= 0.3 is 0 Å². The molecule has 0 saturated carbocycles. The quantitative estimate of drug-likeness (QED) is 0.903. The molecule has 1 aliphatic rings. The summed E-state index contributed by atoms with van der Waals surface area (Å²) in [7, 11) is 4.01. The molecule has 4 heteroatoms. The maximum atomic E-state index is 12.5. The summed E-state index contributed by atoms with van der Waals surface area (Å²) in [6.45, 7) is 6.00. The van der Waals surface area contributed by atoms with Crippen LogP contribution in [0.15, 0.2) is 24.3 Å². The third-order valence-electron chi connectivity index (χ3n) is 4.22. The van der Waals surface area contributed by atoms with E-state index in [-0.39, 0.29) is 5.91 Å². The number of hydrogen-bond donors (Lipinski definition) is 1. The molecule has 0 radical (unpaired) electrons. The van der Waals surface area contributed by atoms with Gasteiger partial charge in [-0.15, -0.1) is 0 Å². The molecule has 0 aliphatic carbocycles. The van der Waals surface area contributed by atoms with Crippen LogP contribution in [0.3, 0.4) is 0 Å². The van der Waals surface area contributed by atoms with Crippen molar-refractivity contribution in [2.75, 3.05) is 45.2 Å². The van der Waals surface area contributed by atoms with Crippen LogP contribution in [0.25, 0.3) is 0 Å². The number of carbonyl (C=O) groups is 1. The molecule has 0 unspecified atom stereocenters. The van der Waals surface area contributed by atoms with E-state index in [9.17, 15) is 4.79 Å². The first-order valence-corrected chi connectivity index (χ1v) is 7.89. The summed E-state index contributed by atoms with van der Waals surface area (Å²) in [6, 6.07) is 7.88. The molecule has 1 aromatic rings. The molecule has 0 aromatic heterocycles. The van der Waals surface area contributed by atoms with Gasteiger partial charge in [0.2, 0.25) is 0 Å². The van der Waals surface area contributed by atoms with Gasteiger partial charge in [0, 0.05) is 38.4 Å². The molecule has 1 heterocycles. The second-order valence-electron chi connectivity index (χ2n) is 5.98. The Morgan fingerprint density at radius 2 is 1.86 bits per heavy atom. The average Bonchev–Trinajstić information content (AvgIpc) is 2.53. The SMILES string of the molecule is CCNCC1CCN(C(=O)c2ccc(N(C)C)cc2)CC1. The molecule has 1 amide bonds. The summed E-state index contributed by atoms with van der Waals surface area (Å²) in [6.07, 6.45) is 2.21. The number of nitrogens with zero attached hydrogens (tertiary/aromatic N) is 2. The molecular formula is C17H27N3O. The maximum Gasteiger partial charge on any atom is 0.253 e. The summed E-state index contributed by atoms with van der Waals surface area (Å²) in [5.41, 5.74) is 1.92. The molecule has 1 aliphatic heterocycles. The zero-order chi connectivity index (χ0) is 15.2. The van der Waals surface area contributed by atoms with E-state index in [1.54, 1.807) is 0 Å². The van der Waals surface area contributed by atoms with Crippen molar-refractivity contribution < 1.29 is 4.79 Å². The van der Waals surface area contributed by atoms with E-state index in [1.165, 1.54) is 0 Å². The average molecular weight is 289 g/mol. The Labute approximate surface area is 128 Å². The lowest BCUT2D eigenvalue weighted by molar-refractivity contribution is 0.0690. The Morgan fingerprint density at radius 1 is 1.24 bits per heavy atom. The van der Waals surface area contributed by atoms with Gasteiger partial charge in [-0.25, -0.2) is 0 Å². The van der Waals surface area contributed by atoms with Gasteiger partial charge in [0.15, 0.2) is 0 Å². The van der Waals surface area contributed by atoms with Crippen molar-refractivity contribution in [3.05, 3.63) is 29.8 Å². The Kier molecular flexibility index (Phi) is 5.62. The molecule has 21 heavy (non-hydrogen) atoms. The van der Waals surface area contributed by atoms with Crippen LogP contribution >= 0.6 is 0 Å². The minimum absolute atomic E-state index is 0.169. The predicted molar refractivity (Wildman–Crippen MR) is 87.9 cm³/mol. The highest BCUT2D eigenvalue weighted by atomic mass is 16.2. The number of hydrogen-bond acceptors (Lipinski definition) is 3. The summed E-state index contributed by atoms with van der Waals surface area (Å²) in [4.78, 5) is 16.5. The first-order chi connectivity index (χ1) is 10.1. The van der Waals surface area contributed by atoms with Gasteiger partial charge in [-0.1, -0.05) is 6.92 Å². The van der Waals surface area contributed by atoms with Gasteiger partial charge in [0.25, 0.3) is 5.91 Å². The molecule has 0 bridgehead atoms. The van der Waals surface area contributed by atoms with E-state index < -0.39 is 0 Å². The highest BCUT2D eigenvalue weighted by Crippen LogP contribution is 2.19. The lowest BCUT2D eigenvalue weighted by atomic mass is 9.96. The fourth-order valence-corrected chi connectivity index (χ4v) is 2.77. The Hall–Kier alpha value is -1.55. The molecule has 0 spiro atoms. The van der Waals surface area contributed by atoms with Crippen LogP contribution in [-0.2, 0) is 0 Å². The van der Waals surface area contributed by atoms with Gasteiger partial charge in [0.05, 0.1) is 0 Å². The fraction of sp³-hybridized carbons (Fsp3) is 0.588. The number of benzene rings is 1. The Bertz CT molecular complexity index is 448. The highest BCUT2D eigenvalue weighted by molar-refractivity contribution is 5.94. The fourth-order valence-electron chi connectivity index (χ4n) is 2.77. The number of amides is 1. The molecule has 2 rings (SSSR count). The Morgan fingerprint density at radius 3 is 2.38 bits per heavy atom. The number of rotatable bonds is 5. The molecule has 1 aromatic carbocycles. The summed E-state index contributed by atoms with van der Waals surface area (Å²) >= 11 is 0. The number of likely N-dealkylation sites (tertiary alicyclic amines) is 1. The van der Waals surface area contributed by atoms with E-state index in [1.807, 2.05) is 48.2 Å². The van der Waals surface area contributed by atoms with Gasteiger partial charge in [-0.3, -0.25) is 4.79 Å². The molecular weight excluding hydrogens is 262 g/mol. The van der Waals surface area contributed by atoms with Crippen LogP contribution in [0.2, 0.25) is 0 Å². The van der Waals surface area contributed by atoms with Gasteiger partial charge in [-0.2, -0.15) is 0 Å². The lowest BCUT2D eigenvalue weighted by Crippen LogP contribution is -2.40. The number of anilines is 1. The molecule has 1 N–H and O–H groups in total. The van der Waals surface area contributed by atoms with Gasteiger partial charge in [0.1, 0.15) is 0 Å². The maximum absolute atomic E-state index is 12.5. The largest absolute Gasteiger partial charge is 0.378 e. The number of carbonyl (C=O) groups excluding carboxylic acids is 1. The summed E-state index contributed by atoms with van der Waals surface area (Å²) < 4.78 is 0. The molecule has 4 nitrogen and oxygen atoms in total. The second kappa shape index (κ2) is 7.46. The van der Waals surface area contributed by atoms with Crippen molar-refractivity contribution in [3.8, 4) is 0 Å². The first-order valence-electron chi connectivity index (χ1n) is 7.89. The number of piperidine rings is 1. The minimum Gasteiger partial charge on any atom is -0.378 e. The summed E-state index contributed by atoms with van der Waals surface area (Å²) in [5.74, 6) is 0.882. The van der Waals surface area contributed by atoms with Crippen molar-refractivity contribution in [3.63, 3.8) is 0 Å². The van der Waals surface area contributed by atoms with Gasteiger partial charge < -0.3 is 15.1 Å². The first kappa shape index (κ1) is 15.8. The summed E-state index contributed by atoms with van der Waals surface area (Å²) in [5, 5.41) is 3.40. The third kappa shape index (κ3) is 4.21. The third-order valence-corrected chi connectivity index (χ3v) is 4.22.